The Morgan fingerprint density at radius 2 is 2.18 bits per heavy atom. The Balaban J connectivity index is 2.05. The lowest BCUT2D eigenvalue weighted by Crippen LogP contribution is -2.59. The normalized spacial score (nSPS) is 24.9. The highest BCUT2D eigenvalue weighted by Gasteiger charge is 2.22. The summed E-state index contributed by atoms with van der Waals surface area (Å²) >= 11 is 0. The highest BCUT2D eigenvalue weighted by Crippen LogP contribution is 1.93. The van der Waals surface area contributed by atoms with E-state index >= 15 is 0 Å². The molecular formula is C12H25N3O2. The average molecular weight is 243 g/mol. The Kier molecular flexibility index (Phi) is 6.47. The summed E-state index contributed by atoms with van der Waals surface area (Å²) in [6, 6.07) is 0.324. The maximum Gasteiger partial charge on any atom is 0.238 e. The molecule has 1 fully saturated rings. The van der Waals surface area contributed by atoms with Gasteiger partial charge in [0.05, 0.1) is 12.6 Å². The van der Waals surface area contributed by atoms with Crippen molar-refractivity contribution in [1.82, 2.24) is 16.0 Å². The highest BCUT2D eigenvalue weighted by atomic mass is 16.5. The third-order valence-electron chi connectivity index (χ3n) is 2.65. The molecule has 100 valence electrons. The number of amides is 1. The summed E-state index contributed by atoms with van der Waals surface area (Å²) in [5.74, 6) is 0.592. The second kappa shape index (κ2) is 7.63. The van der Waals surface area contributed by atoms with Gasteiger partial charge >= 0.3 is 0 Å². The van der Waals surface area contributed by atoms with Gasteiger partial charge in [0.1, 0.15) is 0 Å². The Bertz CT molecular complexity index is 226. The van der Waals surface area contributed by atoms with Gasteiger partial charge in [-0.3, -0.25) is 4.79 Å². The molecule has 1 aliphatic heterocycles. The van der Waals surface area contributed by atoms with Crippen molar-refractivity contribution < 1.29 is 9.53 Å². The van der Waals surface area contributed by atoms with Crippen LogP contribution in [0.4, 0.5) is 0 Å². The van der Waals surface area contributed by atoms with Crippen molar-refractivity contribution in [2.45, 2.75) is 32.9 Å². The topological polar surface area (TPSA) is 62.4 Å². The quantitative estimate of drug-likeness (QED) is 0.562. The van der Waals surface area contributed by atoms with Gasteiger partial charge in [-0.25, -0.2) is 0 Å². The Labute approximate surface area is 104 Å². The van der Waals surface area contributed by atoms with Crippen LogP contribution < -0.4 is 16.0 Å². The summed E-state index contributed by atoms with van der Waals surface area (Å²) in [5, 5.41) is 9.36. The van der Waals surface area contributed by atoms with Gasteiger partial charge < -0.3 is 20.7 Å². The van der Waals surface area contributed by atoms with Crippen molar-refractivity contribution in [1.29, 1.82) is 0 Å². The van der Waals surface area contributed by atoms with Gasteiger partial charge in [-0.15, -0.1) is 0 Å². The number of carbonyl (C=O) groups is 1. The highest BCUT2D eigenvalue weighted by molar-refractivity contribution is 5.82. The molecule has 17 heavy (non-hydrogen) atoms. The molecule has 0 aliphatic carbocycles. The molecule has 1 amide bonds. The summed E-state index contributed by atoms with van der Waals surface area (Å²) in [7, 11) is 0. The van der Waals surface area contributed by atoms with E-state index in [0.29, 0.717) is 31.7 Å². The fraction of sp³-hybridized carbons (Fsp3) is 0.917. The Hall–Kier alpha value is -0.650. The maximum absolute atomic E-state index is 11.7. The molecule has 0 saturated carbocycles. The lowest BCUT2D eigenvalue weighted by molar-refractivity contribution is -0.123. The predicted molar refractivity (Wildman–Crippen MR) is 67.9 cm³/mol. The standard InChI is InChI=1S/C12H25N3O2/c1-9(2)8-17-5-4-13-12(16)11-7-14-10(3)6-15-11/h9-11,14-15H,4-8H2,1-3H3,(H,13,16). The molecule has 5 heteroatoms. The van der Waals surface area contributed by atoms with Crippen LogP contribution in [0.5, 0.6) is 0 Å². The van der Waals surface area contributed by atoms with Gasteiger partial charge in [0.25, 0.3) is 0 Å². The van der Waals surface area contributed by atoms with Crippen LogP contribution in [-0.4, -0.2) is 50.8 Å². The average Bonchev–Trinajstić information content (AvgIpc) is 2.29. The molecular weight excluding hydrogens is 218 g/mol. The van der Waals surface area contributed by atoms with Crippen molar-refractivity contribution in [3.63, 3.8) is 0 Å². The monoisotopic (exact) mass is 243 g/mol. The summed E-state index contributed by atoms with van der Waals surface area (Å²) < 4.78 is 5.40. The molecule has 2 atom stereocenters. The zero-order valence-electron chi connectivity index (χ0n) is 11.1. The van der Waals surface area contributed by atoms with Crippen molar-refractivity contribution in [3.8, 4) is 0 Å². The molecule has 0 aromatic heterocycles. The van der Waals surface area contributed by atoms with Crippen LogP contribution in [0, 0.1) is 5.92 Å². The minimum Gasteiger partial charge on any atom is -0.379 e. The maximum atomic E-state index is 11.7. The molecule has 0 aromatic carbocycles. The first kappa shape index (κ1) is 14.4. The molecule has 1 aliphatic rings. The van der Waals surface area contributed by atoms with Gasteiger partial charge in [0.15, 0.2) is 0 Å². The minimum atomic E-state index is -0.115. The smallest absolute Gasteiger partial charge is 0.238 e. The van der Waals surface area contributed by atoms with Crippen molar-refractivity contribution in [2.75, 3.05) is 32.8 Å². The predicted octanol–water partition coefficient (Wildman–Crippen LogP) is -0.275. The number of ether oxygens (including phenoxy) is 1. The fourth-order valence-electron chi connectivity index (χ4n) is 1.66. The molecule has 0 aromatic rings. The largest absolute Gasteiger partial charge is 0.379 e. The van der Waals surface area contributed by atoms with Crippen LogP contribution >= 0.6 is 0 Å². The number of piperazine rings is 1. The molecule has 1 heterocycles. The summed E-state index contributed by atoms with van der Waals surface area (Å²) in [5.41, 5.74) is 0. The fourth-order valence-corrected chi connectivity index (χ4v) is 1.66. The van der Waals surface area contributed by atoms with E-state index in [1.54, 1.807) is 0 Å². The first-order valence-corrected chi connectivity index (χ1v) is 6.41. The third-order valence-corrected chi connectivity index (χ3v) is 2.65. The number of rotatable bonds is 6. The second-order valence-corrected chi connectivity index (χ2v) is 5.03. The van der Waals surface area contributed by atoms with Crippen LogP contribution in [0.2, 0.25) is 0 Å². The molecule has 0 bridgehead atoms. The van der Waals surface area contributed by atoms with Crippen molar-refractivity contribution in [2.24, 2.45) is 5.92 Å². The van der Waals surface area contributed by atoms with Crippen LogP contribution in [0.1, 0.15) is 20.8 Å². The molecule has 1 saturated heterocycles. The second-order valence-electron chi connectivity index (χ2n) is 5.03. The number of nitrogens with one attached hydrogen (secondary N) is 3. The molecule has 2 unspecified atom stereocenters. The van der Waals surface area contributed by atoms with Crippen LogP contribution in [0.3, 0.4) is 0 Å². The lowest BCUT2D eigenvalue weighted by Gasteiger charge is -2.28. The summed E-state index contributed by atoms with van der Waals surface area (Å²) in [6.45, 7) is 9.76. The summed E-state index contributed by atoms with van der Waals surface area (Å²) in [6.07, 6.45) is 0. The van der Waals surface area contributed by atoms with E-state index in [1.807, 2.05) is 0 Å². The van der Waals surface area contributed by atoms with Gasteiger partial charge in [0, 0.05) is 32.3 Å². The lowest BCUT2D eigenvalue weighted by atomic mass is 10.1. The third kappa shape index (κ3) is 6.00. The Morgan fingerprint density at radius 3 is 2.76 bits per heavy atom. The van der Waals surface area contributed by atoms with Gasteiger partial charge in [0.2, 0.25) is 5.91 Å². The van der Waals surface area contributed by atoms with E-state index in [2.05, 4.69) is 36.7 Å². The van der Waals surface area contributed by atoms with Crippen molar-refractivity contribution in [3.05, 3.63) is 0 Å². The summed E-state index contributed by atoms with van der Waals surface area (Å²) in [4.78, 5) is 11.7. The van der Waals surface area contributed by atoms with E-state index < -0.39 is 0 Å². The Morgan fingerprint density at radius 1 is 1.41 bits per heavy atom. The van der Waals surface area contributed by atoms with Crippen LogP contribution in [0.15, 0.2) is 0 Å². The molecule has 0 radical (unpaired) electrons. The SMILES string of the molecule is CC(C)COCCNC(=O)C1CNC(C)CN1. The molecule has 5 nitrogen and oxygen atoms in total. The van der Waals surface area contributed by atoms with Crippen LogP contribution in [-0.2, 0) is 9.53 Å². The number of carbonyl (C=O) groups excluding carboxylic acids is 1. The van der Waals surface area contributed by atoms with Crippen molar-refractivity contribution >= 4 is 5.91 Å². The number of hydrogen-bond donors (Lipinski definition) is 3. The first-order valence-electron chi connectivity index (χ1n) is 6.41. The van der Waals surface area contributed by atoms with E-state index in [9.17, 15) is 4.79 Å². The first-order chi connectivity index (χ1) is 8.09. The van der Waals surface area contributed by atoms with Gasteiger partial charge in [-0.05, 0) is 12.8 Å². The van der Waals surface area contributed by atoms with Crippen LogP contribution in [0.25, 0.3) is 0 Å². The molecule has 0 spiro atoms. The zero-order chi connectivity index (χ0) is 12.7. The van der Waals surface area contributed by atoms with Gasteiger partial charge in [-0.2, -0.15) is 0 Å². The van der Waals surface area contributed by atoms with E-state index in [4.69, 9.17) is 4.74 Å². The molecule has 3 N–H and O–H groups in total. The zero-order valence-corrected chi connectivity index (χ0v) is 11.1. The van der Waals surface area contributed by atoms with Gasteiger partial charge in [-0.1, -0.05) is 13.8 Å². The number of hydrogen-bond acceptors (Lipinski definition) is 4. The minimum absolute atomic E-state index is 0.0533. The molecule has 1 rings (SSSR count). The van der Waals surface area contributed by atoms with E-state index in [-0.39, 0.29) is 11.9 Å². The van der Waals surface area contributed by atoms with E-state index in [1.165, 1.54) is 0 Å². The van der Waals surface area contributed by atoms with E-state index in [0.717, 1.165) is 13.2 Å².